The van der Waals surface area contributed by atoms with Crippen molar-refractivity contribution in [2.24, 2.45) is 0 Å². The Hall–Kier alpha value is -2.45. The summed E-state index contributed by atoms with van der Waals surface area (Å²) in [5.41, 5.74) is 2.98. The molecule has 3 N–H and O–H groups in total. The maximum Gasteiger partial charge on any atom is 0.321 e. The summed E-state index contributed by atoms with van der Waals surface area (Å²) in [7, 11) is 0. The third-order valence-electron chi connectivity index (χ3n) is 4.15. The van der Waals surface area contributed by atoms with Crippen LogP contribution in [0.3, 0.4) is 0 Å². The standard InChI is InChI=1S/C19H25N5O2S/c1-12(2)20-18(26)23-19-22-15-8-9-24(10-16(15)27-19)11-17(25)21-14-6-4-13(3)5-7-14/h4-7,12H,8-11H2,1-3H3,(H,21,25)(H2,20,22,23,26). The van der Waals surface area contributed by atoms with Gasteiger partial charge in [-0.15, -0.1) is 11.3 Å². The van der Waals surface area contributed by atoms with E-state index in [1.807, 2.05) is 45.0 Å². The third kappa shape index (κ3) is 5.51. The molecule has 0 radical (unpaired) electrons. The van der Waals surface area contributed by atoms with Crippen LogP contribution in [0.25, 0.3) is 0 Å². The summed E-state index contributed by atoms with van der Waals surface area (Å²) in [6.07, 6.45) is 0.775. The van der Waals surface area contributed by atoms with Gasteiger partial charge in [-0.05, 0) is 32.9 Å². The zero-order chi connectivity index (χ0) is 19.4. The van der Waals surface area contributed by atoms with E-state index in [9.17, 15) is 9.59 Å². The first-order chi connectivity index (χ1) is 12.9. The van der Waals surface area contributed by atoms with E-state index < -0.39 is 0 Å². The molecule has 0 bridgehead atoms. The highest BCUT2D eigenvalue weighted by Crippen LogP contribution is 2.28. The Balaban J connectivity index is 1.54. The number of aryl methyl sites for hydroxylation is 1. The highest BCUT2D eigenvalue weighted by atomic mass is 32.1. The summed E-state index contributed by atoms with van der Waals surface area (Å²) in [4.78, 5) is 31.8. The molecule has 0 unspecified atom stereocenters. The lowest BCUT2D eigenvalue weighted by Gasteiger charge is -2.25. The van der Waals surface area contributed by atoms with Crippen molar-refractivity contribution < 1.29 is 9.59 Å². The fraction of sp³-hybridized carbons (Fsp3) is 0.421. The molecule has 0 fully saturated rings. The normalized spacial score (nSPS) is 13.9. The summed E-state index contributed by atoms with van der Waals surface area (Å²) >= 11 is 1.47. The lowest BCUT2D eigenvalue weighted by atomic mass is 10.2. The third-order valence-corrected chi connectivity index (χ3v) is 5.15. The van der Waals surface area contributed by atoms with E-state index in [2.05, 4.69) is 25.8 Å². The number of nitrogens with one attached hydrogen (secondary N) is 3. The summed E-state index contributed by atoms with van der Waals surface area (Å²) in [5, 5.41) is 9.10. The molecule has 8 heteroatoms. The fourth-order valence-electron chi connectivity index (χ4n) is 2.87. The van der Waals surface area contributed by atoms with E-state index in [1.165, 1.54) is 11.3 Å². The van der Waals surface area contributed by atoms with Crippen LogP contribution in [0.1, 0.15) is 30.0 Å². The highest BCUT2D eigenvalue weighted by Gasteiger charge is 2.23. The predicted octanol–water partition coefficient (Wildman–Crippen LogP) is 2.98. The number of amides is 3. The van der Waals surface area contributed by atoms with Crippen LogP contribution in [0.4, 0.5) is 15.6 Å². The van der Waals surface area contributed by atoms with Gasteiger partial charge in [-0.3, -0.25) is 15.0 Å². The van der Waals surface area contributed by atoms with Crippen LogP contribution < -0.4 is 16.0 Å². The second kappa shape index (κ2) is 8.49. The van der Waals surface area contributed by atoms with Crippen LogP contribution in [0.15, 0.2) is 24.3 Å². The molecule has 2 aromatic rings. The number of carbonyl (C=O) groups excluding carboxylic acids is 2. The van der Waals surface area contributed by atoms with Crippen LogP contribution in [-0.4, -0.2) is 41.0 Å². The monoisotopic (exact) mass is 387 g/mol. The maximum atomic E-state index is 12.3. The topological polar surface area (TPSA) is 86.4 Å². The summed E-state index contributed by atoms with van der Waals surface area (Å²) in [5.74, 6) is -0.0264. The van der Waals surface area contributed by atoms with Gasteiger partial charge in [0, 0.05) is 36.1 Å². The van der Waals surface area contributed by atoms with Gasteiger partial charge < -0.3 is 10.6 Å². The van der Waals surface area contributed by atoms with Gasteiger partial charge in [0.2, 0.25) is 5.91 Å². The van der Waals surface area contributed by atoms with Crippen molar-refractivity contribution in [1.82, 2.24) is 15.2 Å². The molecule has 7 nitrogen and oxygen atoms in total. The van der Waals surface area contributed by atoms with Crippen molar-refractivity contribution in [3.8, 4) is 0 Å². The number of rotatable bonds is 5. The minimum atomic E-state index is -0.245. The van der Waals surface area contributed by atoms with Crippen molar-refractivity contribution in [2.75, 3.05) is 23.7 Å². The van der Waals surface area contributed by atoms with Crippen LogP contribution >= 0.6 is 11.3 Å². The smallest absolute Gasteiger partial charge is 0.321 e. The van der Waals surface area contributed by atoms with Crippen molar-refractivity contribution in [1.29, 1.82) is 0 Å². The number of hydrogen-bond donors (Lipinski definition) is 3. The van der Waals surface area contributed by atoms with Gasteiger partial charge >= 0.3 is 6.03 Å². The molecular formula is C19H25N5O2S. The molecular weight excluding hydrogens is 362 g/mol. The number of urea groups is 1. The molecule has 144 valence electrons. The Morgan fingerprint density at radius 2 is 1.96 bits per heavy atom. The molecule has 2 heterocycles. The minimum absolute atomic E-state index is 0.0264. The largest absolute Gasteiger partial charge is 0.336 e. The van der Waals surface area contributed by atoms with Crippen molar-refractivity contribution in [3.63, 3.8) is 0 Å². The van der Waals surface area contributed by atoms with E-state index >= 15 is 0 Å². The van der Waals surface area contributed by atoms with Crippen molar-refractivity contribution >= 4 is 34.1 Å². The quantitative estimate of drug-likeness (QED) is 0.736. The number of aromatic nitrogens is 1. The fourth-order valence-corrected chi connectivity index (χ4v) is 3.92. The molecule has 27 heavy (non-hydrogen) atoms. The van der Waals surface area contributed by atoms with Gasteiger partial charge in [-0.1, -0.05) is 17.7 Å². The number of thiazole rings is 1. The minimum Gasteiger partial charge on any atom is -0.336 e. The zero-order valence-electron chi connectivity index (χ0n) is 15.8. The van der Waals surface area contributed by atoms with E-state index in [-0.39, 0.29) is 18.0 Å². The Kier molecular flexibility index (Phi) is 6.08. The molecule has 0 aliphatic carbocycles. The zero-order valence-corrected chi connectivity index (χ0v) is 16.7. The predicted molar refractivity (Wildman–Crippen MR) is 108 cm³/mol. The van der Waals surface area contributed by atoms with Crippen molar-refractivity contribution in [2.45, 2.75) is 39.8 Å². The molecule has 3 amide bonds. The summed E-state index contributed by atoms with van der Waals surface area (Å²) in [6, 6.07) is 7.59. The Morgan fingerprint density at radius 3 is 2.67 bits per heavy atom. The second-order valence-electron chi connectivity index (χ2n) is 7.02. The average molecular weight is 388 g/mol. The highest BCUT2D eigenvalue weighted by molar-refractivity contribution is 7.15. The first kappa shape index (κ1) is 19.3. The maximum absolute atomic E-state index is 12.3. The van der Waals surface area contributed by atoms with E-state index in [0.29, 0.717) is 18.2 Å². The van der Waals surface area contributed by atoms with Gasteiger partial charge in [0.1, 0.15) is 0 Å². The number of carbonyl (C=O) groups is 2. The molecule has 1 aromatic carbocycles. The lowest BCUT2D eigenvalue weighted by Crippen LogP contribution is -2.36. The summed E-state index contributed by atoms with van der Waals surface area (Å²) in [6.45, 7) is 7.61. The van der Waals surface area contributed by atoms with Gasteiger partial charge in [-0.2, -0.15) is 0 Å². The van der Waals surface area contributed by atoms with E-state index in [4.69, 9.17) is 0 Å². The molecule has 1 aliphatic rings. The molecule has 0 saturated carbocycles. The molecule has 3 rings (SSSR count). The average Bonchev–Trinajstić information content (AvgIpc) is 2.97. The first-order valence-corrected chi connectivity index (χ1v) is 9.85. The molecule has 0 spiro atoms. The second-order valence-corrected chi connectivity index (χ2v) is 8.10. The first-order valence-electron chi connectivity index (χ1n) is 9.04. The van der Waals surface area contributed by atoms with Gasteiger partial charge in [0.25, 0.3) is 0 Å². The van der Waals surface area contributed by atoms with Crippen molar-refractivity contribution in [3.05, 3.63) is 40.4 Å². The van der Waals surface area contributed by atoms with Gasteiger partial charge in [-0.25, -0.2) is 9.78 Å². The molecule has 0 atom stereocenters. The van der Waals surface area contributed by atoms with Crippen LogP contribution in [-0.2, 0) is 17.8 Å². The lowest BCUT2D eigenvalue weighted by molar-refractivity contribution is -0.117. The number of anilines is 2. The number of hydrogen-bond acceptors (Lipinski definition) is 5. The molecule has 0 saturated heterocycles. The SMILES string of the molecule is Cc1ccc(NC(=O)CN2CCc3nc(NC(=O)NC(C)C)sc3C2)cc1. The Bertz CT molecular complexity index is 816. The van der Waals surface area contributed by atoms with E-state index in [1.54, 1.807) is 0 Å². The van der Waals surface area contributed by atoms with Gasteiger partial charge in [0.15, 0.2) is 5.13 Å². The Labute approximate surface area is 163 Å². The van der Waals surface area contributed by atoms with Crippen LogP contribution in [0, 0.1) is 6.92 Å². The molecule has 1 aromatic heterocycles. The Morgan fingerprint density at radius 1 is 1.22 bits per heavy atom. The number of benzene rings is 1. The van der Waals surface area contributed by atoms with Gasteiger partial charge in [0.05, 0.1) is 12.2 Å². The van der Waals surface area contributed by atoms with E-state index in [0.717, 1.165) is 34.8 Å². The van der Waals surface area contributed by atoms with Crippen LogP contribution in [0.5, 0.6) is 0 Å². The number of nitrogens with zero attached hydrogens (tertiary/aromatic N) is 2. The molecule has 1 aliphatic heterocycles. The summed E-state index contributed by atoms with van der Waals surface area (Å²) < 4.78 is 0. The van der Waals surface area contributed by atoms with Crippen LogP contribution in [0.2, 0.25) is 0 Å². The number of fused-ring (bicyclic) bond motifs is 1.